The Labute approximate surface area is 111 Å². The Morgan fingerprint density at radius 3 is 2.74 bits per heavy atom. The predicted molar refractivity (Wildman–Crippen MR) is 70.9 cm³/mol. The number of aliphatic carboxylic acids is 1. The van der Waals surface area contributed by atoms with E-state index in [1.165, 1.54) is 6.07 Å². The van der Waals surface area contributed by atoms with Crippen molar-refractivity contribution in [3.05, 3.63) is 52.6 Å². The summed E-state index contributed by atoms with van der Waals surface area (Å²) >= 11 is 0. The van der Waals surface area contributed by atoms with E-state index in [4.69, 9.17) is 5.11 Å². The van der Waals surface area contributed by atoms with Crippen molar-refractivity contribution in [2.24, 2.45) is 0 Å². The van der Waals surface area contributed by atoms with E-state index >= 15 is 0 Å². The first-order valence-electron chi connectivity index (χ1n) is 5.77. The summed E-state index contributed by atoms with van der Waals surface area (Å²) in [4.78, 5) is 23.0. The number of hydrogen-bond acceptors (Lipinski definition) is 4. The van der Waals surface area contributed by atoms with Crippen molar-refractivity contribution in [1.82, 2.24) is 4.90 Å². The molecule has 1 aromatic rings. The van der Waals surface area contributed by atoms with Crippen LogP contribution in [0.4, 0.5) is 5.69 Å². The minimum atomic E-state index is -0.979. The quantitative estimate of drug-likeness (QED) is 0.464. The van der Waals surface area contributed by atoms with Crippen LogP contribution in [0.15, 0.2) is 36.9 Å². The van der Waals surface area contributed by atoms with Gasteiger partial charge in [-0.05, 0) is 6.92 Å². The highest BCUT2D eigenvalue weighted by molar-refractivity contribution is 5.69. The number of nitrogens with zero attached hydrogens (tertiary/aromatic N) is 2. The Hall–Kier alpha value is -2.21. The van der Waals surface area contributed by atoms with E-state index in [0.29, 0.717) is 12.1 Å². The van der Waals surface area contributed by atoms with Crippen LogP contribution in [0.3, 0.4) is 0 Å². The lowest BCUT2D eigenvalue weighted by Crippen LogP contribution is -2.32. The molecule has 1 unspecified atom stereocenters. The van der Waals surface area contributed by atoms with E-state index in [-0.39, 0.29) is 18.3 Å². The van der Waals surface area contributed by atoms with Crippen LogP contribution in [0, 0.1) is 10.1 Å². The Morgan fingerprint density at radius 1 is 1.58 bits per heavy atom. The molecule has 1 aromatic carbocycles. The minimum absolute atomic E-state index is 0.00514. The number of nitro groups is 1. The summed E-state index contributed by atoms with van der Waals surface area (Å²) < 4.78 is 0. The van der Waals surface area contributed by atoms with Gasteiger partial charge in [-0.15, -0.1) is 6.58 Å². The van der Waals surface area contributed by atoms with Crippen LogP contribution >= 0.6 is 0 Å². The maximum atomic E-state index is 11.0. The summed E-state index contributed by atoms with van der Waals surface area (Å²) in [6.07, 6.45) is 1.58. The molecule has 0 saturated carbocycles. The lowest BCUT2D eigenvalue weighted by Gasteiger charge is -2.26. The molecular formula is C13H16N2O4. The smallest absolute Gasteiger partial charge is 0.317 e. The van der Waals surface area contributed by atoms with E-state index in [2.05, 4.69) is 6.58 Å². The lowest BCUT2D eigenvalue weighted by atomic mass is 10.0. The molecule has 1 rings (SSSR count). The molecular weight excluding hydrogens is 248 g/mol. The molecule has 0 amide bonds. The molecule has 1 atom stereocenters. The van der Waals surface area contributed by atoms with E-state index < -0.39 is 10.9 Å². The zero-order valence-corrected chi connectivity index (χ0v) is 10.7. The number of para-hydroxylation sites is 1. The van der Waals surface area contributed by atoms with Gasteiger partial charge in [-0.3, -0.25) is 19.8 Å². The Kier molecular flexibility index (Phi) is 5.20. The molecule has 0 bridgehead atoms. The Morgan fingerprint density at radius 2 is 2.21 bits per heavy atom. The highest BCUT2D eigenvalue weighted by atomic mass is 16.6. The second-order valence-corrected chi connectivity index (χ2v) is 4.10. The second-order valence-electron chi connectivity index (χ2n) is 4.10. The van der Waals surface area contributed by atoms with Crippen LogP contribution in [0.25, 0.3) is 0 Å². The molecule has 0 aliphatic heterocycles. The number of benzene rings is 1. The molecule has 102 valence electrons. The van der Waals surface area contributed by atoms with Gasteiger partial charge in [0.25, 0.3) is 5.69 Å². The molecule has 0 spiro atoms. The zero-order valence-electron chi connectivity index (χ0n) is 10.7. The first kappa shape index (κ1) is 14.8. The van der Waals surface area contributed by atoms with Gasteiger partial charge >= 0.3 is 5.97 Å². The number of nitro benzene ring substituents is 1. The largest absolute Gasteiger partial charge is 0.480 e. The molecule has 0 aromatic heterocycles. The first-order chi connectivity index (χ1) is 8.97. The number of carbonyl (C=O) groups is 1. The van der Waals surface area contributed by atoms with Crippen LogP contribution in [-0.2, 0) is 4.79 Å². The maximum Gasteiger partial charge on any atom is 0.317 e. The molecule has 1 N–H and O–H groups in total. The van der Waals surface area contributed by atoms with Crippen molar-refractivity contribution in [3.63, 3.8) is 0 Å². The van der Waals surface area contributed by atoms with Gasteiger partial charge in [0.05, 0.1) is 11.5 Å². The molecule has 0 heterocycles. The number of carboxylic acid groups (broad SMARTS) is 1. The highest BCUT2D eigenvalue weighted by Crippen LogP contribution is 2.28. The van der Waals surface area contributed by atoms with Crippen LogP contribution < -0.4 is 0 Å². The molecule has 0 saturated heterocycles. The fourth-order valence-electron chi connectivity index (χ4n) is 1.90. The van der Waals surface area contributed by atoms with Crippen molar-refractivity contribution < 1.29 is 14.8 Å². The van der Waals surface area contributed by atoms with Crippen molar-refractivity contribution in [3.8, 4) is 0 Å². The van der Waals surface area contributed by atoms with Crippen LogP contribution in [-0.4, -0.2) is 34.0 Å². The van der Waals surface area contributed by atoms with Crippen molar-refractivity contribution in [1.29, 1.82) is 0 Å². The predicted octanol–water partition coefficient (Wildman–Crippen LogP) is 2.23. The molecule has 19 heavy (non-hydrogen) atoms. The van der Waals surface area contributed by atoms with Gasteiger partial charge in [0, 0.05) is 24.2 Å². The summed E-state index contributed by atoms with van der Waals surface area (Å²) in [5, 5.41) is 19.9. The van der Waals surface area contributed by atoms with Crippen molar-refractivity contribution >= 4 is 11.7 Å². The van der Waals surface area contributed by atoms with E-state index in [1.807, 2.05) is 0 Å². The Balaban J connectivity index is 3.08. The summed E-state index contributed by atoms with van der Waals surface area (Å²) in [5.41, 5.74) is 0.491. The van der Waals surface area contributed by atoms with Gasteiger partial charge < -0.3 is 5.11 Å². The van der Waals surface area contributed by atoms with Gasteiger partial charge in [-0.1, -0.05) is 24.3 Å². The van der Waals surface area contributed by atoms with E-state index in [0.717, 1.165) is 0 Å². The van der Waals surface area contributed by atoms with Gasteiger partial charge in [-0.2, -0.15) is 0 Å². The zero-order chi connectivity index (χ0) is 14.4. The molecule has 6 nitrogen and oxygen atoms in total. The monoisotopic (exact) mass is 264 g/mol. The van der Waals surface area contributed by atoms with Crippen molar-refractivity contribution in [2.75, 3.05) is 13.1 Å². The fraction of sp³-hybridized carbons (Fsp3) is 0.308. The maximum absolute atomic E-state index is 11.0. The molecule has 0 aliphatic rings. The van der Waals surface area contributed by atoms with Crippen LogP contribution in [0.2, 0.25) is 0 Å². The van der Waals surface area contributed by atoms with Gasteiger partial charge in [0.1, 0.15) is 0 Å². The SMILES string of the molecule is C=CCN(CC(=O)O)C(C)c1ccccc1[N+](=O)[O-]. The molecule has 6 heteroatoms. The summed E-state index contributed by atoms with van der Waals surface area (Å²) in [7, 11) is 0. The third-order valence-corrected chi connectivity index (χ3v) is 2.83. The standard InChI is InChI=1S/C13H16N2O4/c1-3-8-14(9-13(16)17)10(2)11-6-4-5-7-12(11)15(18)19/h3-7,10H,1,8-9H2,2H3,(H,16,17). The summed E-state index contributed by atoms with van der Waals surface area (Å²) in [6, 6.07) is 5.96. The van der Waals surface area contributed by atoms with Crippen LogP contribution in [0.5, 0.6) is 0 Å². The second kappa shape index (κ2) is 6.65. The van der Waals surface area contributed by atoms with Crippen molar-refractivity contribution in [2.45, 2.75) is 13.0 Å². The Bertz CT molecular complexity index is 487. The third kappa shape index (κ3) is 3.89. The van der Waals surface area contributed by atoms with Gasteiger partial charge in [0.2, 0.25) is 0 Å². The normalized spacial score (nSPS) is 12.1. The molecule has 0 radical (unpaired) electrons. The van der Waals surface area contributed by atoms with E-state index in [9.17, 15) is 14.9 Å². The topological polar surface area (TPSA) is 83.7 Å². The van der Waals surface area contributed by atoms with Crippen LogP contribution in [0.1, 0.15) is 18.5 Å². The van der Waals surface area contributed by atoms with E-state index in [1.54, 1.807) is 36.1 Å². The summed E-state index contributed by atoms with van der Waals surface area (Å²) in [5.74, 6) is -0.979. The van der Waals surface area contributed by atoms with Gasteiger partial charge in [-0.25, -0.2) is 0 Å². The average Bonchev–Trinajstić information content (AvgIpc) is 2.37. The molecule has 0 aliphatic carbocycles. The third-order valence-electron chi connectivity index (χ3n) is 2.83. The highest BCUT2D eigenvalue weighted by Gasteiger charge is 2.23. The lowest BCUT2D eigenvalue weighted by molar-refractivity contribution is -0.386. The van der Waals surface area contributed by atoms with Gasteiger partial charge in [0.15, 0.2) is 0 Å². The summed E-state index contributed by atoms with van der Waals surface area (Å²) in [6.45, 7) is 5.47. The minimum Gasteiger partial charge on any atom is -0.480 e. The fourth-order valence-corrected chi connectivity index (χ4v) is 1.90. The molecule has 0 fully saturated rings. The number of hydrogen-bond donors (Lipinski definition) is 1. The number of rotatable bonds is 7. The first-order valence-corrected chi connectivity index (χ1v) is 5.77. The number of carboxylic acids is 1. The average molecular weight is 264 g/mol.